The first-order valence-electron chi connectivity index (χ1n) is 7.69. The van der Waals surface area contributed by atoms with Gasteiger partial charge in [0.15, 0.2) is 6.10 Å². The molecule has 2 rings (SSSR count). The molecule has 0 spiro atoms. The number of hydrazine groups is 1. The number of nitrogens with zero attached hydrogens (tertiary/aromatic N) is 1. The number of nitrogens with two attached hydrogens (primary N) is 1. The molecule has 27 heavy (non-hydrogen) atoms. The molecule has 1 atom stereocenters. The summed E-state index contributed by atoms with van der Waals surface area (Å²) in [5.41, 5.74) is 9.73. The quantitative estimate of drug-likeness (QED) is 0.308. The van der Waals surface area contributed by atoms with E-state index in [1.165, 1.54) is 6.92 Å². The monoisotopic (exact) mass is 372 g/mol. The van der Waals surface area contributed by atoms with Gasteiger partial charge in [0, 0.05) is 17.7 Å². The molecule has 10 heteroatoms. The largest absolute Gasteiger partial charge is 0.449 e. The van der Waals surface area contributed by atoms with Crippen molar-refractivity contribution in [3.05, 3.63) is 69.8 Å². The van der Waals surface area contributed by atoms with Gasteiger partial charge in [0.2, 0.25) is 0 Å². The van der Waals surface area contributed by atoms with Crippen LogP contribution >= 0.6 is 0 Å². The van der Waals surface area contributed by atoms with Crippen molar-refractivity contribution in [2.24, 2.45) is 0 Å². The summed E-state index contributed by atoms with van der Waals surface area (Å²) in [6, 6.07) is 11.4. The Morgan fingerprint density at radius 2 is 1.78 bits per heavy atom. The maximum absolute atomic E-state index is 12.1. The predicted octanol–water partition coefficient (Wildman–Crippen LogP) is 1.18. The topological polar surface area (TPSA) is 154 Å². The van der Waals surface area contributed by atoms with Gasteiger partial charge in [0.25, 0.3) is 17.5 Å². The molecule has 4 N–H and O–H groups in total. The first-order chi connectivity index (χ1) is 12.8. The summed E-state index contributed by atoms with van der Waals surface area (Å²) in [6.45, 7) is 1.30. The van der Waals surface area contributed by atoms with Crippen LogP contribution < -0.4 is 16.6 Å². The summed E-state index contributed by atoms with van der Waals surface area (Å²) in [5, 5.41) is 10.7. The average molecular weight is 372 g/mol. The van der Waals surface area contributed by atoms with Gasteiger partial charge >= 0.3 is 5.97 Å². The Bertz CT molecular complexity index is 884. The zero-order chi connectivity index (χ0) is 20.0. The summed E-state index contributed by atoms with van der Waals surface area (Å²) in [4.78, 5) is 45.9. The van der Waals surface area contributed by atoms with Crippen LogP contribution in [-0.4, -0.2) is 28.8 Å². The number of non-ortho nitro benzene ring substituents is 1. The molecule has 0 unspecified atom stereocenters. The predicted molar refractivity (Wildman–Crippen MR) is 94.4 cm³/mol. The van der Waals surface area contributed by atoms with E-state index in [-0.39, 0.29) is 16.9 Å². The van der Waals surface area contributed by atoms with Crippen molar-refractivity contribution in [1.82, 2.24) is 10.9 Å². The number of rotatable bonds is 5. The third-order valence-corrected chi connectivity index (χ3v) is 3.45. The Balaban J connectivity index is 1.93. The van der Waals surface area contributed by atoms with Gasteiger partial charge in [-0.3, -0.25) is 30.6 Å². The van der Waals surface area contributed by atoms with Crippen molar-refractivity contribution in [3.63, 3.8) is 0 Å². The van der Waals surface area contributed by atoms with Gasteiger partial charge in [-0.05, 0) is 25.1 Å². The number of nitrogen functional groups attached to an aromatic ring is 1. The van der Waals surface area contributed by atoms with Crippen LogP contribution in [0.2, 0.25) is 0 Å². The van der Waals surface area contributed by atoms with Crippen LogP contribution in [0, 0.1) is 10.1 Å². The molecule has 0 radical (unpaired) electrons. The molecule has 0 heterocycles. The Kier molecular flexibility index (Phi) is 6.05. The smallest absolute Gasteiger partial charge is 0.341 e. The van der Waals surface area contributed by atoms with Crippen molar-refractivity contribution < 1.29 is 24.0 Å². The molecule has 2 aromatic carbocycles. The maximum atomic E-state index is 12.1. The third-order valence-electron chi connectivity index (χ3n) is 3.45. The van der Waals surface area contributed by atoms with Gasteiger partial charge in [-0.1, -0.05) is 18.2 Å². The number of nitrogens with one attached hydrogen (secondary N) is 2. The van der Waals surface area contributed by atoms with Crippen molar-refractivity contribution in [1.29, 1.82) is 0 Å². The fraction of sp³-hybridized carbons (Fsp3) is 0.118. The molecule has 0 aromatic heterocycles. The third kappa shape index (κ3) is 5.01. The molecule has 0 saturated carbocycles. The standard InChI is InChI=1S/C17H16N4O6/c1-10(15(22)19-20-16(23)11-5-3-2-4-6-11)27-17(24)13-8-7-12(21(25)26)9-14(13)18/h2-10H,18H2,1H3,(H,19,22)(H,20,23)/t10-/m1/s1. The van der Waals surface area contributed by atoms with E-state index in [1.807, 2.05) is 0 Å². The summed E-state index contributed by atoms with van der Waals surface area (Å²) in [7, 11) is 0. The van der Waals surface area contributed by atoms with Gasteiger partial charge in [-0.2, -0.15) is 0 Å². The van der Waals surface area contributed by atoms with Crippen LogP contribution in [0.4, 0.5) is 11.4 Å². The molecule has 0 aliphatic rings. The maximum Gasteiger partial charge on any atom is 0.341 e. The van der Waals surface area contributed by atoms with Gasteiger partial charge in [0.1, 0.15) is 0 Å². The van der Waals surface area contributed by atoms with Crippen molar-refractivity contribution >= 4 is 29.2 Å². The van der Waals surface area contributed by atoms with E-state index >= 15 is 0 Å². The van der Waals surface area contributed by atoms with Crippen LogP contribution in [0.15, 0.2) is 48.5 Å². The molecule has 0 saturated heterocycles. The highest BCUT2D eigenvalue weighted by atomic mass is 16.6. The van der Waals surface area contributed by atoms with E-state index in [9.17, 15) is 24.5 Å². The van der Waals surface area contributed by atoms with Crippen molar-refractivity contribution in [3.8, 4) is 0 Å². The van der Waals surface area contributed by atoms with E-state index in [1.54, 1.807) is 30.3 Å². The number of nitro benzene ring substituents is 1. The number of amides is 2. The van der Waals surface area contributed by atoms with Crippen LogP contribution in [0.25, 0.3) is 0 Å². The fourth-order valence-corrected chi connectivity index (χ4v) is 2.01. The number of anilines is 1. The summed E-state index contributed by atoms with van der Waals surface area (Å²) >= 11 is 0. The molecule has 0 bridgehead atoms. The molecule has 0 aliphatic carbocycles. The second kappa shape index (κ2) is 8.43. The number of hydrogen-bond donors (Lipinski definition) is 3. The Labute approximate surface area is 153 Å². The lowest BCUT2D eigenvalue weighted by atomic mass is 10.1. The number of carbonyl (C=O) groups is 3. The van der Waals surface area contributed by atoms with Gasteiger partial charge in [0.05, 0.1) is 16.2 Å². The number of esters is 1. The first kappa shape index (κ1) is 19.4. The average Bonchev–Trinajstić information content (AvgIpc) is 2.66. The highest BCUT2D eigenvalue weighted by molar-refractivity contribution is 5.98. The number of ether oxygens (including phenoxy) is 1. The highest BCUT2D eigenvalue weighted by Crippen LogP contribution is 2.20. The van der Waals surface area contributed by atoms with E-state index in [4.69, 9.17) is 10.5 Å². The number of hydrogen-bond acceptors (Lipinski definition) is 7. The number of carbonyl (C=O) groups excluding carboxylic acids is 3. The second-order valence-electron chi connectivity index (χ2n) is 5.39. The molecule has 10 nitrogen and oxygen atoms in total. The Hall–Kier alpha value is -3.95. The Morgan fingerprint density at radius 3 is 2.37 bits per heavy atom. The van der Waals surface area contributed by atoms with E-state index < -0.39 is 28.8 Å². The fourth-order valence-electron chi connectivity index (χ4n) is 2.01. The minimum Gasteiger partial charge on any atom is -0.449 e. The van der Waals surface area contributed by atoms with Gasteiger partial charge in [-0.15, -0.1) is 0 Å². The zero-order valence-corrected chi connectivity index (χ0v) is 14.2. The summed E-state index contributed by atoms with van der Waals surface area (Å²) in [6.07, 6.45) is -1.25. The lowest BCUT2D eigenvalue weighted by Gasteiger charge is -2.14. The summed E-state index contributed by atoms with van der Waals surface area (Å²) in [5.74, 6) is -2.24. The van der Waals surface area contributed by atoms with Crippen molar-refractivity contribution in [2.75, 3.05) is 5.73 Å². The number of benzene rings is 2. The van der Waals surface area contributed by atoms with E-state index in [2.05, 4.69) is 10.9 Å². The van der Waals surface area contributed by atoms with Crippen LogP contribution in [0.3, 0.4) is 0 Å². The van der Waals surface area contributed by atoms with Crippen LogP contribution in [-0.2, 0) is 9.53 Å². The van der Waals surface area contributed by atoms with Gasteiger partial charge < -0.3 is 10.5 Å². The highest BCUT2D eigenvalue weighted by Gasteiger charge is 2.22. The zero-order valence-electron chi connectivity index (χ0n) is 14.2. The van der Waals surface area contributed by atoms with E-state index in [0.717, 1.165) is 18.2 Å². The van der Waals surface area contributed by atoms with Gasteiger partial charge in [-0.25, -0.2) is 4.79 Å². The molecule has 2 amide bonds. The molecule has 0 aliphatic heterocycles. The molecule has 0 fully saturated rings. The van der Waals surface area contributed by atoms with E-state index in [0.29, 0.717) is 5.56 Å². The normalized spacial score (nSPS) is 11.1. The lowest BCUT2D eigenvalue weighted by Crippen LogP contribution is -2.46. The molecule has 2 aromatic rings. The van der Waals surface area contributed by atoms with Crippen LogP contribution in [0.5, 0.6) is 0 Å². The summed E-state index contributed by atoms with van der Waals surface area (Å²) < 4.78 is 4.97. The molecular weight excluding hydrogens is 356 g/mol. The van der Waals surface area contributed by atoms with Crippen LogP contribution in [0.1, 0.15) is 27.6 Å². The molecular formula is C17H16N4O6. The molecule has 140 valence electrons. The minimum absolute atomic E-state index is 0.117. The number of nitro groups is 1. The first-order valence-corrected chi connectivity index (χ1v) is 7.69. The van der Waals surface area contributed by atoms with Crippen molar-refractivity contribution in [2.45, 2.75) is 13.0 Å². The Morgan fingerprint density at radius 1 is 1.11 bits per heavy atom. The second-order valence-corrected chi connectivity index (χ2v) is 5.39. The SMILES string of the molecule is C[C@@H](OC(=O)c1ccc([N+](=O)[O-])cc1N)C(=O)NNC(=O)c1ccccc1. The minimum atomic E-state index is -1.25. The lowest BCUT2D eigenvalue weighted by molar-refractivity contribution is -0.384.